The molecule has 1 fully saturated rings. The van der Waals surface area contributed by atoms with Crippen molar-refractivity contribution in [2.24, 2.45) is 0 Å². The van der Waals surface area contributed by atoms with Gasteiger partial charge in [-0.2, -0.15) is 0 Å². The molecule has 2 aromatic carbocycles. The van der Waals surface area contributed by atoms with E-state index < -0.39 is 0 Å². The highest BCUT2D eigenvalue weighted by molar-refractivity contribution is 7.73. The lowest BCUT2D eigenvalue weighted by atomic mass is 10.0. The Morgan fingerprint density at radius 2 is 1.00 bits per heavy atom. The van der Waals surface area contributed by atoms with E-state index in [1.807, 2.05) is 0 Å². The SMILES string of the molecule is c1ccc(P(c2ccccc2)C2CCCCCCC2)cc1. The van der Waals surface area contributed by atoms with Crippen molar-refractivity contribution < 1.29 is 0 Å². The Balaban J connectivity index is 1.91. The van der Waals surface area contributed by atoms with Gasteiger partial charge in [0.1, 0.15) is 0 Å². The highest BCUT2D eigenvalue weighted by Crippen LogP contribution is 2.45. The first-order valence-corrected chi connectivity index (χ1v) is 9.75. The van der Waals surface area contributed by atoms with Crippen LogP contribution in [0.1, 0.15) is 44.9 Å². The van der Waals surface area contributed by atoms with Gasteiger partial charge in [-0.3, -0.25) is 0 Å². The lowest BCUT2D eigenvalue weighted by molar-refractivity contribution is 0.511. The molecule has 0 radical (unpaired) electrons. The van der Waals surface area contributed by atoms with Crippen molar-refractivity contribution in [3.05, 3.63) is 60.7 Å². The molecule has 21 heavy (non-hydrogen) atoms. The van der Waals surface area contributed by atoms with E-state index in [0.717, 1.165) is 5.66 Å². The first kappa shape index (κ1) is 14.8. The van der Waals surface area contributed by atoms with E-state index in [9.17, 15) is 0 Å². The van der Waals surface area contributed by atoms with E-state index in [4.69, 9.17) is 0 Å². The molecule has 1 aliphatic rings. The van der Waals surface area contributed by atoms with Crippen LogP contribution in [0.4, 0.5) is 0 Å². The van der Waals surface area contributed by atoms with Crippen molar-refractivity contribution in [2.75, 3.05) is 0 Å². The van der Waals surface area contributed by atoms with Crippen LogP contribution in [-0.4, -0.2) is 5.66 Å². The van der Waals surface area contributed by atoms with Gasteiger partial charge < -0.3 is 0 Å². The Morgan fingerprint density at radius 1 is 0.571 bits per heavy atom. The van der Waals surface area contributed by atoms with Gasteiger partial charge in [0.2, 0.25) is 0 Å². The molecule has 0 aromatic heterocycles. The van der Waals surface area contributed by atoms with Crippen molar-refractivity contribution in [2.45, 2.75) is 50.6 Å². The molecule has 0 saturated heterocycles. The lowest BCUT2D eigenvalue weighted by Gasteiger charge is -2.30. The molecule has 0 atom stereocenters. The second kappa shape index (κ2) is 7.76. The Kier molecular flexibility index (Phi) is 5.46. The van der Waals surface area contributed by atoms with Gasteiger partial charge in [-0.15, -0.1) is 0 Å². The maximum absolute atomic E-state index is 2.34. The van der Waals surface area contributed by atoms with Gasteiger partial charge in [-0.25, -0.2) is 0 Å². The van der Waals surface area contributed by atoms with E-state index in [2.05, 4.69) is 60.7 Å². The first-order chi connectivity index (χ1) is 10.4. The summed E-state index contributed by atoms with van der Waals surface area (Å²) in [5.41, 5.74) is 0.866. The quantitative estimate of drug-likeness (QED) is 0.680. The fraction of sp³-hybridized carbons (Fsp3) is 0.400. The van der Waals surface area contributed by atoms with Gasteiger partial charge in [0, 0.05) is 0 Å². The molecule has 0 aliphatic heterocycles. The smallest absolute Gasteiger partial charge is 0.0129 e. The zero-order valence-corrected chi connectivity index (χ0v) is 13.6. The minimum Gasteiger partial charge on any atom is -0.0622 e. The average Bonchev–Trinajstić information content (AvgIpc) is 2.52. The molecule has 0 unspecified atom stereocenters. The van der Waals surface area contributed by atoms with Crippen LogP contribution in [0.25, 0.3) is 0 Å². The van der Waals surface area contributed by atoms with Gasteiger partial charge in [0.15, 0.2) is 0 Å². The van der Waals surface area contributed by atoms with Crippen molar-refractivity contribution in [3.8, 4) is 0 Å². The number of hydrogen-bond acceptors (Lipinski definition) is 0. The van der Waals surface area contributed by atoms with Gasteiger partial charge in [0.05, 0.1) is 0 Å². The van der Waals surface area contributed by atoms with E-state index in [-0.39, 0.29) is 7.92 Å². The molecule has 0 nitrogen and oxygen atoms in total. The van der Waals surface area contributed by atoms with Crippen molar-refractivity contribution in [1.82, 2.24) is 0 Å². The maximum atomic E-state index is 2.34. The third kappa shape index (κ3) is 3.95. The van der Waals surface area contributed by atoms with E-state index in [0.29, 0.717) is 0 Å². The van der Waals surface area contributed by atoms with Crippen LogP contribution in [0, 0.1) is 0 Å². The Morgan fingerprint density at radius 3 is 1.48 bits per heavy atom. The van der Waals surface area contributed by atoms with Crippen molar-refractivity contribution in [1.29, 1.82) is 0 Å². The van der Waals surface area contributed by atoms with E-state index >= 15 is 0 Å². The second-order valence-electron chi connectivity index (χ2n) is 6.04. The predicted molar refractivity (Wildman–Crippen MR) is 95.2 cm³/mol. The lowest BCUT2D eigenvalue weighted by Crippen LogP contribution is -2.22. The summed E-state index contributed by atoms with van der Waals surface area (Å²) < 4.78 is 0. The summed E-state index contributed by atoms with van der Waals surface area (Å²) >= 11 is 0. The van der Waals surface area contributed by atoms with Crippen LogP contribution >= 0.6 is 7.92 Å². The molecule has 3 rings (SSSR count). The topological polar surface area (TPSA) is 0 Å². The highest BCUT2D eigenvalue weighted by Gasteiger charge is 2.24. The van der Waals surface area contributed by atoms with Gasteiger partial charge in [-0.05, 0) is 37.0 Å². The monoisotopic (exact) mass is 296 g/mol. The van der Waals surface area contributed by atoms with E-state index in [1.165, 1.54) is 44.9 Å². The van der Waals surface area contributed by atoms with Crippen LogP contribution in [0.15, 0.2) is 60.7 Å². The zero-order valence-electron chi connectivity index (χ0n) is 12.7. The number of rotatable bonds is 3. The summed E-state index contributed by atoms with van der Waals surface area (Å²) in [6, 6.07) is 22.5. The third-order valence-electron chi connectivity index (χ3n) is 4.51. The van der Waals surface area contributed by atoms with E-state index in [1.54, 1.807) is 10.6 Å². The summed E-state index contributed by atoms with van der Waals surface area (Å²) in [4.78, 5) is 0. The molecular formula is C20H25P. The van der Waals surface area contributed by atoms with Gasteiger partial charge in [0.25, 0.3) is 0 Å². The molecule has 1 heteroatoms. The molecule has 110 valence electrons. The molecule has 0 N–H and O–H groups in total. The van der Waals surface area contributed by atoms with Crippen LogP contribution < -0.4 is 10.6 Å². The van der Waals surface area contributed by atoms with Crippen molar-refractivity contribution >= 4 is 18.5 Å². The summed E-state index contributed by atoms with van der Waals surface area (Å²) in [7, 11) is -0.198. The third-order valence-corrected chi connectivity index (χ3v) is 7.46. The maximum Gasteiger partial charge on any atom is -0.0129 e. The Labute approximate surface area is 130 Å². The zero-order chi connectivity index (χ0) is 14.3. The van der Waals surface area contributed by atoms with Crippen LogP contribution in [0.3, 0.4) is 0 Å². The molecule has 0 heterocycles. The first-order valence-electron chi connectivity index (χ1n) is 8.34. The molecule has 1 saturated carbocycles. The van der Waals surface area contributed by atoms with Crippen molar-refractivity contribution in [3.63, 3.8) is 0 Å². The summed E-state index contributed by atoms with van der Waals surface area (Å²) in [5, 5.41) is 3.12. The van der Waals surface area contributed by atoms with Crippen LogP contribution in [0.5, 0.6) is 0 Å². The normalized spacial score (nSPS) is 17.4. The molecular weight excluding hydrogens is 271 g/mol. The number of hydrogen-bond donors (Lipinski definition) is 0. The Hall–Kier alpha value is -1.13. The molecule has 2 aromatic rings. The fourth-order valence-electron chi connectivity index (χ4n) is 3.44. The predicted octanol–water partition coefficient (Wildman–Crippen LogP) is 5.23. The molecule has 1 aliphatic carbocycles. The van der Waals surface area contributed by atoms with Crippen LogP contribution in [-0.2, 0) is 0 Å². The molecule has 0 amide bonds. The number of benzene rings is 2. The second-order valence-corrected chi connectivity index (χ2v) is 8.54. The minimum atomic E-state index is -0.198. The Bertz CT molecular complexity index is 473. The fourth-order valence-corrected chi connectivity index (χ4v) is 6.45. The van der Waals surface area contributed by atoms with Crippen LogP contribution in [0.2, 0.25) is 0 Å². The van der Waals surface area contributed by atoms with Gasteiger partial charge >= 0.3 is 0 Å². The minimum absolute atomic E-state index is 0.198. The average molecular weight is 296 g/mol. The highest BCUT2D eigenvalue weighted by atomic mass is 31.1. The summed E-state index contributed by atoms with van der Waals surface area (Å²) in [6.07, 6.45) is 9.98. The molecule has 0 spiro atoms. The standard InChI is InChI=1S/C20H25P/c1-2-6-12-18(13-7-3-1)21(19-14-8-4-9-15-19)20-16-10-5-11-17-20/h4-5,8-11,14-18H,1-3,6-7,12-13H2. The molecule has 0 bridgehead atoms. The summed E-state index contributed by atoms with van der Waals surface area (Å²) in [5.74, 6) is 0. The largest absolute Gasteiger partial charge is 0.0622 e. The summed E-state index contributed by atoms with van der Waals surface area (Å²) in [6.45, 7) is 0. The van der Waals surface area contributed by atoms with Gasteiger partial charge in [-0.1, -0.05) is 92.8 Å².